The van der Waals surface area contributed by atoms with Crippen LogP contribution in [0.5, 0.6) is 0 Å². The molecule has 0 spiro atoms. The van der Waals surface area contributed by atoms with E-state index in [0.717, 1.165) is 39.6 Å². The van der Waals surface area contributed by atoms with Crippen LogP contribution in [0.4, 0.5) is 28.4 Å². The Kier molecular flexibility index (Phi) is 7.00. The number of nitrogens with zero attached hydrogens (tertiary/aromatic N) is 2. The monoisotopic (exact) mass is 478 g/mol. The van der Waals surface area contributed by atoms with Crippen LogP contribution in [-0.4, -0.2) is 7.05 Å². The summed E-state index contributed by atoms with van der Waals surface area (Å²) in [5.74, 6) is 0. The van der Waals surface area contributed by atoms with E-state index in [1.54, 1.807) is 6.08 Å². The third kappa shape index (κ3) is 5.10. The molecule has 0 aromatic heterocycles. The Labute approximate surface area is 219 Å². The third-order valence-corrected chi connectivity index (χ3v) is 6.58. The van der Waals surface area contributed by atoms with Crippen LogP contribution in [0.15, 0.2) is 153 Å². The molecule has 0 bridgehead atoms. The van der Waals surface area contributed by atoms with Gasteiger partial charge in [-0.1, -0.05) is 92.0 Å². The topological polar surface area (TPSA) is 6.48 Å². The first-order chi connectivity index (χ1) is 18.2. The van der Waals surface area contributed by atoms with E-state index in [4.69, 9.17) is 0 Å². The number of anilines is 5. The van der Waals surface area contributed by atoms with E-state index in [1.165, 1.54) is 10.8 Å². The van der Waals surface area contributed by atoms with Gasteiger partial charge >= 0.3 is 0 Å². The van der Waals surface area contributed by atoms with Crippen LogP contribution in [0.25, 0.3) is 16.3 Å². The summed E-state index contributed by atoms with van der Waals surface area (Å²) in [6, 6.07) is 42.8. The minimum Gasteiger partial charge on any atom is -0.345 e. The van der Waals surface area contributed by atoms with E-state index in [2.05, 4.69) is 151 Å². The predicted molar refractivity (Wildman–Crippen MR) is 162 cm³/mol. The van der Waals surface area contributed by atoms with Crippen molar-refractivity contribution in [3.63, 3.8) is 0 Å². The molecule has 0 saturated heterocycles. The van der Waals surface area contributed by atoms with Crippen molar-refractivity contribution >= 4 is 44.8 Å². The molecule has 0 aliphatic carbocycles. The summed E-state index contributed by atoms with van der Waals surface area (Å²) in [7, 11) is 2.09. The van der Waals surface area contributed by atoms with Gasteiger partial charge in [0.05, 0.1) is 0 Å². The zero-order chi connectivity index (χ0) is 25.6. The quantitative estimate of drug-likeness (QED) is 0.205. The Balaban J connectivity index is 1.50. The van der Waals surface area contributed by atoms with Crippen molar-refractivity contribution in [1.29, 1.82) is 0 Å². The van der Waals surface area contributed by atoms with Crippen molar-refractivity contribution in [1.82, 2.24) is 0 Å². The lowest BCUT2D eigenvalue weighted by Crippen LogP contribution is -2.12. The number of fused-ring (bicyclic) bond motifs is 1. The molecule has 2 nitrogen and oxygen atoms in total. The lowest BCUT2D eigenvalue weighted by Gasteiger charge is -2.27. The van der Waals surface area contributed by atoms with Gasteiger partial charge in [0.25, 0.3) is 0 Å². The fraction of sp³-hybridized carbons (Fsp3) is 0.0286. The summed E-state index contributed by atoms with van der Waals surface area (Å²) in [4.78, 5) is 4.50. The Morgan fingerprint density at radius 1 is 0.568 bits per heavy atom. The third-order valence-electron chi connectivity index (χ3n) is 6.58. The Bertz CT molecular complexity index is 1560. The smallest absolute Gasteiger partial charge is 0.0468 e. The van der Waals surface area contributed by atoms with Crippen LogP contribution >= 0.6 is 0 Å². The van der Waals surface area contributed by atoms with Crippen molar-refractivity contribution in [3.8, 4) is 0 Å². The lowest BCUT2D eigenvalue weighted by molar-refractivity contribution is 1.20. The molecule has 2 heteroatoms. The molecular formula is C35H30N2. The van der Waals surface area contributed by atoms with Gasteiger partial charge in [-0.25, -0.2) is 0 Å². The number of allylic oxidation sites excluding steroid dienone is 4. The fourth-order valence-corrected chi connectivity index (χ4v) is 4.62. The van der Waals surface area contributed by atoms with Gasteiger partial charge in [0.2, 0.25) is 0 Å². The van der Waals surface area contributed by atoms with Gasteiger partial charge in [-0.15, -0.1) is 0 Å². The second-order valence-corrected chi connectivity index (χ2v) is 8.89. The van der Waals surface area contributed by atoms with E-state index in [9.17, 15) is 0 Å². The molecule has 5 aromatic rings. The second-order valence-electron chi connectivity index (χ2n) is 8.89. The van der Waals surface area contributed by atoms with Gasteiger partial charge in [-0.2, -0.15) is 0 Å². The molecule has 180 valence electrons. The second kappa shape index (κ2) is 10.8. The molecule has 0 aliphatic rings. The maximum absolute atomic E-state index is 3.95. The van der Waals surface area contributed by atoms with Crippen molar-refractivity contribution < 1.29 is 0 Å². The van der Waals surface area contributed by atoms with E-state index < -0.39 is 0 Å². The summed E-state index contributed by atoms with van der Waals surface area (Å²) >= 11 is 0. The van der Waals surface area contributed by atoms with Gasteiger partial charge < -0.3 is 9.80 Å². The van der Waals surface area contributed by atoms with Gasteiger partial charge in [-0.05, 0) is 82.6 Å². The van der Waals surface area contributed by atoms with E-state index >= 15 is 0 Å². The average molecular weight is 479 g/mol. The summed E-state index contributed by atoms with van der Waals surface area (Å²) in [5, 5.41) is 2.46. The molecule has 5 rings (SSSR count). The fourth-order valence-electron chi connectivity index (χ4n) is 4.62. The Morgan fingerprint density at radius 2 is 1.19 bits per heavy atom. The van der Waals surface area contributed by atoms with Gasteiger partial charge in [0, 0.05) is 35.5 Å². The maximum Gasteiger partial charge on any atom is 0.0468 e. The average Bonchev–Trinajstić information content (AvgIpc) is 2.96. The number of para-hydroxylation sites is 1. The van der Waals surface area contributed by atoms with Crippen molar-refractivity contribution in [3.05, 3.63) is 158 Å². The maximum atomic E-state index is 3.95. The van der Waals surface area contributed by atoms with Crippen LogP contribution in [0.2, 0.25) is 0 Å². The number of hydrogen-bond acceptors (Lipinski definition) is 2. The molecule has 37 heavy (non-hydrogen) atoms. The minimum absolute atomic E-state index is 1.05. The SMILES string of the molecule is C=C/C=C(\C=C)c1cccc(N(C)c2ccc(N(c3ccccc3)c3ccc4ccccc4c3)cc2)c1. The first-order valence-corrected chi connectivity index (χ1v) is 12.4. The molecule has 0 atom stereocenters. The molecule has 0 amide bonds. The summed E-state index contributed by atoms with van der Waals surface area (Å²) in [6.45, 7) is 7.77. The molecule has 0 heterocycles. The minimum atomic E-state index is 1.05. The molecule has 5 aromatic carbocycles. The highest BCUT2D eigenvalue weighted by Crippen LogP contribution is 2.37. The van der Waals surface area contributed by atoms with E-state index in [-0.39, 0.29) is 0 Å². The molecule has 0 N–H and O–H groups in total. The summed E-state index contributed by atoms with van der Waals surface area (Å²) in [6.07, 6.45) is 5.63. The highest BCUT2D eigenvalue weighted by Gasteiger charge is 2.14. The van der Waals surface area contributed by atoms with Crippen molar-refractivity contribution in [2.45, 2.75) is 0 Å². The first-order valence-electron chi connectivity index (χ1n) is 12.4. The molecule has 0 aliphatic heterocycles. The number of benzene rings is 5. The van der Waals surface area contributed by atoms with Gasteiger partial charge in [0.15, 0.2) is 0 Å². The summed E-state index contributed by atoms with van der Waals surface area (Å²) < 4.78 is 0. The largest absolute Gasteiger partial charge is 0.345 e. The van der Waals surface area contributed by atoms with Gasteiger partial charge in [0.1, 0.15) is 0 Å². The standard InChI is InChI=1S/C35H30N2/c1-4-12-27(5-2)29-15-11-18-34(25-29)36(3)31-21-23-33(24-22-31)37(32-16-7-6-8-17-32)35-20-19-28-13-9-10-14-30(28)26-35/h4-26H,1-2H2,3H3/b27-12+. The zero-order valence-electron chi connectivity index (χ0n) is 21.1. The summed E-state index contributed by atoms with van der Waals surface area (Å²) in [5.41, 5.74) is 7.74. The van der Waals surface area contributed by atoms with E-state index in [0.29, 0.717) is 0 Å². The molecule has 0 saturated carbocycles. The first kappa shape index (κ1) is 23.9. The van der Waals surface area contributed by atoms with Crippen LogP contribution in [0.1, 0.15) is 5.56 Å². The highest BCUT2D eigenvalue weighted by molar-refractivity contribution is 5.89. The normalized spacial score (nSPS) is 11.2. The lowest BCUT2D eigenvalue weighted by atomic mass is 10.0. The van der Waals surface area contributed by atoms with Crippen LogP contribution in [0.3, 0.4) is 0 Å². The van der Waals surface area contributed by atoms with Crippen molar-refractivity contribution in [2.75, 3.05) is 16.8 Å². The molecule has 0 unspecified atom stereocenters. The zero-order valence-corrected chi connectivity index (χ0v) is 21.1. The predicted octanol–water partition coefficient (Wildman–Crippen LogP) is 9.83. The van der Waals surface area contributed by atoms with Crippen LogP contribution in [0, 0.1) is 0 Å². The Hall–Kier alpha value is -4.82. The molecular weight excluding hydrogens is 448 g/mol. The van der Waals surface area contributed by atoms with Gasteiger partial charge in [-0.3, -0.25) is 0 Å². The van der Waals surface area contributed by atoms with Crippen LogP contribution in [-0.2, 0) is 0 Å². The van der Waals surface area contributed by atoms with Crippen molar-refractivity contribution in [2.24, 2.45) is 0 Å². The highest BCUT2D eigenvalue weighted by atomic mass is 15.1. The Morgan fingerprint density at radius 3 is 1.92 bits per heavy atom. The molecule has 0 radical (unpaired) electrons. The molecule has 0 fully saturated rings. The van der Waals surface area contributed by atoms with Crippen LogP contribution < -0.4 is 9.80 Å². The number of hydrogen-bond donors (Lipinski definition) is 0. The van der Waals surface area contributed by atoms with E-state index in [1.807, 2.05) is 12.2 Å². The number of rotatable bonds is 8.